The molecule has 8 nitrogen and oxygen atoms in total. The Labute approximate surface area is 150 Å². The molecule has 0 fully saturated rings. The molecule has 0 bridgehead atoms. The Balaban J connectivity index is 2.08. The number of methoxy groups -OCH3 is 1. The highest BCUT2D eigenvalue weighted by Crippen LogP contribution is 2.21. The van der Waals surface area contributed by atoms with Crippen molar-refractivity contribution in [1.29, 1.82) is 0 Å². The van der Waals surface area contributed by atoms with E-state index in [0.29, 0.717) is 30.5 Å². The fourth-order valence-corrected chi connectivity index (χ4v) is 2.52. The molecule has 0 aliphatic rings. The number of amides is 2. The number of carbonyl (C=O) groups is 3. The first-order valence-corrected chi connectivity index (χ1v) is 8.22. The van der Waals surface area contributed by atoms with Crippen molar-refractivity contribution in [3.8, 4) is 0 Å². The topological polar surface area (TPSA) is 118 Å². The Hall–Kier alpha value is -3.16. The van der Waals surface area contributed by atoms with Crippen LogP contribution in [0.2, 0.25) is 0 Å². The van der Waals surface area contributed by atoms with Gasteiger partial charge in [-0.05, 0) is 25.0 Å². The number of hydrogen-bond acceptors (Lipinski definition) is 5. The lowest BCUT2D eigenvalue weighted by Gasteiger charge is -2.18. The molecule has 0 aliphatic heterocycles. The minimum Gasteiger partial charge on any atom is -0.481 e. The van der Waals surface area contributed by atoms with E-state index >= 15 is 0 Å². The molecule has 26 heavy (non-hydrogen) atoms. The predicted octanol–water partition coefficient (Wildman–Crippen LogP) is 2.54. The molecule has 0 saturated heterocycles. The van der Waals surface area contributed by atoms with Gasteiger partial charge in [0.1, 0.15) is 6.04 Å². The van der Waals surface area contributed by atoms with E-state index in [1.54, 1.807) is 24.4 Å². The second kappa shape index (κ2) is 9.36. The number of aromatic nitrogens is 1. The van der Waals surface area contributed by atoms with Crippen LogP contribution in [0, 0.1) is 0 Å². The quantitative estimate of drug-likeness (QED) is 0.624. The van der Waals surface area contributed by atoms with Crippen LogP contribution in [0.1, 0.15) is 25.7 Å². The number of nitrogens with zero attached hydrogens (tertiary/aromatic N) is 1. The SMILES string of the molecule is COC(=O)NC(CCCCC(=O)O)C(=O)Nc1cccc2cccnc12. The van der Waals surface area contributed by atoms with E-state index in [1.807, 2.05) is 12.1 Å². The first-order chi connectivity index (χ1) is 12.5. The van der Waals surface area contributed by atoms with Crippen molar-refractivity contribution >= 4 is 34.6 Å². The number of benzene rings is 1. The fourth-order valence-electron chi connectivity index (χ4n) is 2.52. The second-order valence-electron chi connectivity index (χ2n) is 5.70. The van der Waals surface area contributed by atoms with Gasteiger partial charge in [-0.1, -0.05) is 24.6 Å². The first kappa shape index (κ1) is 19.2. The summed E-state index contributed by atoms with van der Waals surface area (Å²) >= 11 is 0. The Morgan fingerprint density at radius 1 is 1.19 bits per heavy atom. The third-order valence-corrected chi connectivity index (χ3v) is 3.82. The number of nitrogens with one attached hydrogen (secondary N) is 2. The maximum absolute atomic E-state index is 12.6. The molecule has 2 amide bonds. The highest BCUT2D eigenvalue weighted by atomic mass is 16.5. The number of carboxylic acids is 1. The summed E-state index contributed by atoms with van der Waals surface area (Å²) in [6, 6.07) is 8.26. The summed E-state index contributed by atoms with van der Waals surface area (Å²) in [5.74, 6) is -1.31. The molecule has 2 rings (SSSR count). The highest BCUT2D eigenvalue weighted by Gasteiger charge is 2.21. The first-order valence-electron chi connectivity index (χ1n) is 8.22. The van der Waals surface area contributed by atoms with Crippen LogP contribution in [0.5, 0.6) is 0 Å². The van der Waals surface area contributed by atoms with Crippen molar-refractivity contribution in [2.45, 2.75) is 31.7 Å². The van der Waals surface area contributed by atoms with Crippen LogP contribution in [0.15, 0.2) is 36.5 Å². The smallest absolute Gasteiger partial charge is 0.407 e. The zero-order valence-electron chi connectivity index (χ0n) is 14.4. The van der Waals surface area contributed by atoms with Crippen molar-refractivity contribution < 1.29 is 24.2 Å². The van der Waals surface area contributed by atoms with Gasteiger partial charge in [-0.25, -0.2) is 4.79 Å². The number of alkyl carbamates (subject to hydrolysis) is 1. The van der Waals surface area contributed by atoms with E-state index in [2.05, 4.69) is 20.4 Å². The van der Waals surface area contributed by atoms with Gasteiger partial charge >= 0.3 is 12.1 Å². The van der Waals surface area contributed by atoms with E-state index in [9.17, 15) is 14.4 Å². The number of aliphatic carboxylic acids is 1. The third kappa shape index (κ3) is 5.44. The number of para-hydroxylation sites is 1. The molecule has 1 aromatic heterocycles. The standard InChI is InChI=1S/C18H21N3O5/c1-26-18(25)21-14(8-2-3-10-15(22)23)17(24)20-13-9-4-6-12-7-5-11-19-16(12)13/h4-7,9,11,14H,2-3,8,10H2,1H3,(H,20,24)(H,21,25)(H,22,23). The Kier molecular flexibility index (Phi) is 6.90. The van der Waals surface area contributed by atoms with Crippen molar-refractivity contribution in [1.82, 2.24) is 10.3 Å². The summed E-state index contributed by atoms with van der Waals surface area (Å²) in [6.07, 6.45) is 2.11. The lowest BCUT2D eigenvalue weighted by atomic mass is 10.1. The van der Waals surface area contributed by atoms with Crippen LogP contribution in [0.4, 0.5) is 10.5 Å². The second-order valence-corrected chi connectivity index (χ2v) is 5.70. The molecule has 0 aliphatic carbocycles. The molecule has 1 aromatic carbocycles. The van der Waals surface area contributed by atoms with Crippen LogP contribution in [0.25, 0.3) is 10.9 Å². The number of anilines is 1. The van der Waals surface area contributed by atoms with Crippen molar-refractivity contribution in [3.63, 3.8) is 0 Å². The summed E-state index contributed by atoms with van der Waals surface area (Å²) in [5.41, 5.74) is 1.18. The Morgan fingerprint density at radius 2 is 1.96 bits per heavy atom. The number of ether oxygens (including phenoxy) is 1. The number of rotatable bonds is 8. The molecule has 138 valence electrons. The molecule has 0 saturated carbocycles. The lowest BCUT2D eigenvalue weighted by molar-refractivity contribution is -0.137. The van der Waals surface area contributed by atoms with E-state index in [4.69, 9.17) is 5.11 Å². The molecule has 1 atom stereocenters. The number of unbranched alkanes of at least 4 members (excludes halogenated alkanes) is 1. The van der Waals surface area contributed by atoms with Crippen LogP contribution < -0.4 is 10.6 Å². The maximum atomic E-state index is 12.6. The molecule has 1 heterocycles. The van der Waals surface area contributed by atoms with E-state index in [1.165, 1.54) is 7.11 Å². The minimum absolute atomic E-state index is 0.0137. The van der Waals surface area contributed by atoms with Gasteiger partial charge < -0.3 is 20.5 Å². The van der Waals surface area contributed by atoms with Crippen molar-refractivity contribution in [2.75, 3.05) is 12.4 Å². The zero-order valence-corrected chi connectivity index (χ0v) is 14.4. The highest BCUT2D eigenvalue weighted by molar-refractivity contribution is 6.03. The lowest BCUT2D eigenvalue weighted by Crippen LogP contribution is -2.43. The molecule has 8 heteroatoms. The molecule has 0 radical (unpaired) electrons. The molecule has 1 unspecified atom stereocenters. The van der Waals surface area contributed by atoms with Gasteiger partial charge in [0.15, 0.2) is 0 Å². The molecule has 0 spiro atoms. The van der Waals surface area contributed by atoms with E-state index in [-0.39, 0.29) is 6.42 Å². The number of carboxylic acid groups (broad SMARTS) is 1. The zero-order chi connectivity index (χ0) is 18.9. The van der Waals surface area contributed by atoms with Gasteiger partial charge in [-0.3, -0.25) is 14.6 Å². The summed E-state index contributed by atoms with van der Waals surface area (Å²) in [6.45, 7) is 0. The normalized spacial score (nSPS) is 11.6. The monoisotopic (exact) mass is 359 g/mol. The van der Waals surface area contributed by atoms with Crippen LogP contribution in [0.3, 0.4) is 0 Å². The van der Waals surface area contributed by atoms with Gasteiger partial charge in [-0.2, -0.15) is 0 Å². The van der Waals surface area contributed by atoms with Gasteiger partial charge in [0.2, 0.25) is 5.91 Å². The van der Waals surface area contributed by atoms with E-state index < -0.39 is 24.0 Å². The fraction of sp³-hybridized carbons (Fsp3) is 0.333. The average molecular weight is 359 g/mol. The van der Waals surface area contributed by atoms with Gasteiger partial charge in [0.05, 0.1) is 18.3 Å². The van der Waals surface area contributed by atoms with Gasteiger partial charge in [0, 0.05) is 18.0 Å². The van der Waals surface area contributed by atoms with E-state index in [0.717, 1.165) is 5.39 Å². The van der Waals surface area contributed by atoms with Crippen LogP contribution in [-0.4, -0.2) is 41.2 Å². The summed E-state index contributed by atoms with van der Waals surface area (Å²) in [7, 11) is 1.21. The maximum Gasteiger partial charge on any atom is 0.407 e. The summed E-state index contributed by atoms with van der Waals surface area (Å²) in [5, 5.41) is 14.8. The summed E-state index contributed by atoms with van der Waals surface area (Å²) in [4.78, 5) is 39.0. The molecular weight excluding hydrogens is 338 g/mol. The number of pyridine rings is 1. The molecular formula is C18H21N3O5. The van der Waals surface area contributed by atoms with Gasteiger partial charge in [0.25, 0.3) is 0 Å². The largest absolute Gasteiger partial charge is 0.481 e. The number of hydrogen-bond donors (Lipinski definition) is 3. The van der Waals surface area contributed by atoms with Crippen molar-refractivity contribution in [2.24, 2.45) is 0 Å². The van der Waals surface area contributed by atoms with Crippen LogP contribution in [-0.2, 0) is 14.3 Å². The molecule has 3 N–H and O–H groups in total. The predicted molar refractivity (Wildman–Crippen MR) is 95.8 cm³/mol. The Morgan fingerprint density at radius 3 is 2.69 bits per heavy atom. The molecule has 2 aromatic rings. The summed E-state index contributed by atoms with van der Waals surface area (Å²) < 4.78 is 4.56. The number of fused-ring (bicyclic) bond motifs is 1. The Bertz CT molecular complexity index is 788. The third-order valence-electron chi connectivity index (χ3n) is 3.82. The van der Waals surface area contributed by atoms with Gasteiger partial charge in [-0.15, -0.1) is 0 Å². The van der Waals surface area contributed by atoms with Crippen molar-refractivity contribution in [3.05, 3.63) is 36.5 Å². The number of carbonyl (C=O) groups excluding carboxylic acids is 2. The van der Waals surface area contributed by atoms with Crippen LogP contribution >= 0.6 is 0 Å². The minimum atomic E-state index is -0.895. The average Bonchev–Trinajstić information content (AvgIpc) is 2.64.